The van der Waals surface area contributed by atoms with E-state index in [1.165, 1.54) is 12.1 Å². The summed E-state index contributed by atoms with van der Waals surface area (Å²) in [5.74, 6) is -1.25. The molecule has 19 heavy (non-hydrogen) atoms. The molecule has 0 amide bonds. The minimum Gasteiger partial charge on any atom is -0.478 e. The zero-order valence-electron chi connectivity index (χ0n) is 10.9. The van der Waals surface area contributed by atoms with Crippen LogP contribution in [0.2, 0.25) is 0 Å². The van der Waals surface area contributed by atoms with E-state index in [2.05, 4.69) is 4.72 Å². The van der Waals surface area contributed by atoms with Gasteiger partial charge in [0.05, 0.1) is 11.3 Å². The minimum absolute atomic E-state index is 0.0960. The molecular weight excluding hydrogens is 266 g/mol. The van der Waals surface area contributed by atoms with Crippen LogP contribution in [0, 0.1) is 0 Å². The summed E-state index contributed by atoms with van der Waals surface area (Å²) in [6.07, 6.45) is 2.82. The number of carboxylic acids is 1. The fourth-order valence-electron chi connectivity index (χ4n) is 1.67. The summed E-state index contributed by atoms with van der Waals surface area (Å²) in [4.78, 5) is 10.8. The van der Waals surface area contributed by atoms with Crippen LogP contribution in [0.5, 0.6) is 0 Å². The smallest absolute Gasteiger partial charge is 0.335 e. The molecule has 5 nitrogen and oxygen atoms in total. The van der Waals surface area contributed by atoms with Crippen LogP contribution < -0.4 is 4.72 Å². The number of hydrogen-bond acceptors (Lipinski definition) is 3. The molecule has 0 aliphatic carbocycles. The highest BCUT2D eigenvalue weighted by Gasteiger charge is 2.12. The van der Waals surface area contributed by atoms with E-state index in [-0.39, 0.29) is 11.3 Å². The third-order valence-corrected chi connectivity index (χ3v) is 3.99. The number of hydrogen-bond donors (Lipinski definition) is 2. The fraction of sp³-hybridized carbons (Fsp3) is 0.462. The summed E-state index contributed by atoms with van der Waals surface area (Å²) in [6.45, 7) is 2.47. The lowest BCUT2D eigenvalue weighted by Gasteiger charge is -2.07. The number of benzene rings is 1. The molecule has 0 fully saturated rings. The molecule has 6 heteroatoms. The molecule has 1 aromatic rings. The highest BCUT2D eigenvalue weighted by Crippen LogP contribution is 2.09. The molecule has 0 saturated carbocycles. The van der Waals surface area contributed by atoms with Gasteiger partial charge in [-0.15, -0.1) is 0 Å². The van der Waals surface area contributed by atoms with Crippen molar-refractivity contribution < 1.29 is 18.3 Å². The molecule has 0 bridgehead atoms. The third kappa shape index (κ3) is 5.85. The van der Waals surface area contributed by atoms with Gasteiger partial charge >= 0.3 is 5.97 Å². The molecular formula is C13H19NO4S. The van der Waals surface area contributed by atoms with Crippen molar-refractivity contribution in [3.05, 3.63) is 35.4 Å². The van der Waals surface area contributed by atoms with Crippen LogP contribution in [-0.2, 0) is 15.8 Å². The van der Waals surface area contributed by atoms with E-state index in [9.17, 15) is 13.2 Å². The number of aromatic carboxylic acids is 1. The Labute approximate surface area is 113 Å². The van der Waals surface area contributed by atoms with Crippen LogP contribution in [0.15, 0.2) is 24.3 Å². The number of unbranched alkanes of at least 4 members (excludes halogenated alkanes) is 2. The summed E-state index contributed by atoms with van der Waals surface area (Å²) >= 11 is 0. The molecule has 0 saturated heterocycles. The van der Waals surface area contributed by atoms with Crippen molar-refractivity contribution >= 4 is 16.0 Å². The first-order chi connectivity index (χ1) is 8.94. The van der Waals surface area contributed by atoms with Crippen LogP contribution in [0.4, 0.5) is 0 Å². The summed E-state index contributed by atoms with van der Waals surface area (Å²) in [6, 6.07) is 5.98. The van der Waals surface area contributed by atoms with Gasteiger partial charge in [-0.1, -0.05) is 31.9 Å². The molecule has 106 valence electrons. The van der Waals surface area contributed by atoms with Crippen LogP contribution in [-0.4, -0.2) is 26.0 Å². The van der Waals surface area contributed by atoms with Crippen molar-refractivity contribution in [2.45, 2.75) is 31.9 Å². The SMILES string of the molecule is CCCCCNS(=O)(=O)Cc1cccc(C(=O)O)c1. The molecule has 0 aliphatic rings. The van der Waals surface area contributed by atoms with E-state index in [1.54, 1.807) is 12.1 Å². The second-order valence-electron chi connectivity index (χ2n) is 4.37. The van der Waals surface area contributed by atoms with Crippen molar-refractivity contribution in [1.29, 1.82) is 0 Å². The fourth-order valence-corrected chi connectivity index (χ4v) is 2.84. The number of carboxylic acid groups (broad SMARTS) is 1. The number of sulfonamides is 1. The lowest BCUT2D eigenvalue weighted by molar-refractivity contribution is 0.0696. The van der Waals surface area contributed by atoms with Crippen LogP contribution in [0.25, 0.3) is 0 Å². The van der Waals surface area contributed by atoms with Gasteiger partial charge in [0.2, 0.25) is 10.0 Å². The Balaban J connectivity index is 2.62. The molecule has 1 rings (SSSR count). The average Bonchev–Trinajstić information content (AvgIpc) is 2.34. The van der Waals surface area contributed by atoms with E-state index in [0.717, 1.165) is 19.3 Å². The Hall–Kier alpha value is -1.40. The molecule has 0 atom stereocenters. The van der Waals surface area contributed by atoms with Crippen LogP contribution in [0.1, 0.15) is 42.1 Å². The van der Waals surface area contributed by atoms with Gasteiger partial charge in [-0.2, -0.15) is 0 Å². The molecule has 1 aromatic carbocycles. The second kappa shape index (κ2) is 7.25. The summed E-state index contributed by atoms with van der Waals surface area (Å²) in [5, 5.41) is 8.84. The maximum Gasteiger partial charge on any atom is 0.335 e. The Kier molecular flexibility index (Phi) is 5.98. The predicted molar refractivity (Wildman–Crippen MR) is 73.6 cm³/mol. The molecule has 0 radical (unpaired) electrons. The Morgan fingerprint density at radius 1 is 1.32 bits per heavy atom. The highest BCUT2D eigenvalue weighted by molar-refractivity contribution is 7.88. The summed E-state index contributed by atoms with van der Waals surface area (Å²) < 4.78 is 26.1. The van der Waals surface area contributed by atoms with Gasteiger partial charge in [0.1, 0.15) is 0 Å². The highest BCUT2D eigenvalue weighted by atomic mass is 32.2. The van der Waals surface area contributed by atoms with Gasteiger partial charge < -0.3 is 5.11 Å². The molecule has 2 N–H and O–H groups in total. The predicted octanol–water partition coefficient (Wildman–Crippen LogP) is 1.99. The number of rotatable bonds is 8. The van der Waals surface area contributed by atoms with Crippen molar-refractivity contribution in [3.63, 3.8) is 0 Å². The first kappa shape index (κ1) is 15.7. The van der Waals surface area contributed by atoms with E-state index in [1.807, 2.05) is 6.92 Å². The number of carbonyl (C=O) groups is 1. The lowest BCUT2D eigenvalue weighted by atomic mass is 10.1. The maximum absolute atomic E-state index is 11.8. The zero-order valence-corrected chi connectivity index (χ0v) is 11.7. The van der Waals surface area contributed by atoms with Crippen LogP contribution >= 0.6 is 0 Å². The summed E-state index contributed by atoms with van der Waals surface area (Å²) in [7, 11) is -3.40. The average molecular weight is 285 g/mol. The van der Waals surface area contributed by atoms with E-state index in [0.29, 0.717) is 12.1 Å². The second-order valence-corrected chi connectivity index (χ2v) is 6.17. The first-order valence-electron chi connectivity index (χ1n) is 6.24. The zero-order chi connectivity index (χ0) is 14.3. The Morgan fingerprint density at radius 2 is 2.05 bits per heavy atom. The van der Waals surface area contributed by atoms with Crippen LogP contribution in [0.3, 0.4) is 0 Å². The molecule has 0 heterocycles. The van der Waals surface area contributed by atoms with Gasteiger partial charge in [-0.05, 0) is 24.1 Å². The van der Waals surface area contributed by atoms with Gasteiger partial charge in [0.15, 0.2) is 0 Å². The van der Waals surface area contributed by atoms with E-state index < -0.39 is 16.0 Å². The molecule has 0 aromatic heterocycles. The molecule has 0 aliphatic heterocycles. The van der Waals surface area contributed by atoms with Crippen molar-refractivity contribution in [3.8, 4) is 0 Å². The van der Waals surface area contributed by atoms with E-state index >= 15 is 0 Å². The standard InChI is InChI=1S/C13H19NO4S/c1-2-3-4-8-14-19(17,18)10-11-6-5-7-12(9-11)13(15)16/h5-7,9,14H,2-4,8,10H2,1H3,(H,15,16). The third-order valence-electron chi connectivity index (χ3n) is 2.63. The first-order valence-corrected chi connectivity index (χ1v) is 7.89. The normalized spacial score (nSPS) is 11.4. The monoisotopic (exact) mass is 285 g/mol. The lowest BCUT2D eigenvalue weighted by Crippen LogP contribution is -2.26. The van der Waals surface area contributed by atoms with Crippen molar-refractivity contribution in [2.75, 3.05) is 6.54 Å². The van der Waals surface area contributed by atoms with Crippen molar-refractivity contribution in [2.24, 2.45) is 0 Å². The Bertz CT molecular complexity index is 525. The topological polar surface area (TPSA) is 83.5 Å². The van der Waals surface area contributed by atoms with Gasteiger partial charge in [0.25, 0.3) is 0 Å². The number of nitrogens with one attached hydrogen (secondary N) is 1. The molecule has 0 spiro atoms. The van der Waals surface area contributed by atoms with E-state index in [4.69, 9.17) is 5.11 Å². The van der Waals surface area contributed by atoms with Gasteiger partial charge in [-0.25, -0.2) is 17.9 Å². The van der Waals surface area contributed by atoms with Crippen molar-refractivity contribution in [1.82, 2.24) is 4.72 Å². The maximum atomic E-state index is 11.8. The van der Waals surface area contributed by atoms with Gasteiger partial charge in [0, 0.05) is 6.54 Å². The Morgan fingerprint density at radius 3 is 2.68 bits per heavy atom. The molecule has 0 unspecified atom stereocenters. The van der Waals surface area contributed by atoms with Gasteiger partial charge in [-0.3, -0.25) is 0 Å². The largest absolute Gasteiger partial charge is 0.478 e. The minimum atomic E-state index is -3.40. The summed E-state index contributed by atoms with van der Waals surface area (Å²) in [5.41, 5.74) is 0.571. The quantitative estimate of drug-likeness (QED) is 0.715.